The van der Waals surface area contributed by atoms with Gasteiger partial charge in [-0.05, 0) is 36.2 Å². The van der Waals surface area contributed by atoms with Gasteiger partial charge in [-0.2, -0.15) is 0 Å². The van der Waals surface area contributed by atoms with Crippen molar-refractivity contribution < 1.29 is 9.53 Å². The molecule has 2 aromatic carbocycles. The molecule has 0 radical (unpaired) electrons. The normalized spacial score (nSPS) is 10.4. The van der Waals surface area contributed by atoms with Gasteiger partial charge in [0, 0.05) is 18.1 Å². The molecule has 0 spiro atoms. The predicted octanol–water partition coefficient (Wildman–Crippen LogP) is 3.61. The molecule has 5 heteroatoms. The van der Waals surface area contributed by atoms with Crippen molar-refractivity contribution in [3.63, 3.8) is 0 Å². The van der Waals surface area contributed by atoms with Gasteiger partial charge in [0.25, 0.3) is 0 Å². The molecule has 1 heterocycles. The fourth-order valence-corrected chi connectivity index (χ4v) is 2.48. The van der Waals surface area contributed by atoms with Crippen LogP contribution in [0.5, 0.6) is 5.75 Å². The fraction of sp³-hybridized carbons (Fsp3) is 0.158. The number of carbonyl (C=O) groups excluding carboxylic acids is 1. The van der Waals surface area contributed by atoms with Crippen molar-refractivity contribution in [2.24, 2.45) is 0 Å². The number of nitrogens with zero attached hydrogens (tertiary/aromatic N) is 1. The zero-order valence-corrected chi connectivity index (χ0v) is 13.5. The molecule has 3 aromatic rings. The maximum Gasteiger partial charge on any atom is 0.319 e. The van der Waals surface area contributed by atoms with E-state index in [2.05, 4.69) is 15.6 Å². The number of hydrogen-bond acceptors (Lipinski definition) is 3. The third-order valence-corrected chi connectivity index (χ3v) is 3.74. The van der Waals surface area contributed by atoms with Crippen LogP contribution in [0, 0.1) is 0 Å². The molecular formula is C19H19N3O2. The van der Waals surface area contributed by atoms with Gasteiger partial charge in [0.15, 0.2) is 0 Å². The lowest BCUT2D eigenvalue weighted by atomic mass is 10.1. The Hall–Kier alpha value is -3.08. The highest BCUT2D eigenvalue weighted by molar-refractivity contribution is 5.99. The van der Waals surface area contributed by atoms with Gasteiger partial charge >= 0.3 is 6.03 Å². The molecule has 0 atom stereocenters. The van der Waals surface area contributed by atoms with Crippen LogP contribution >= 0.6 is 0 Å². The summed E-state index contributed by atoms with van der Waals surface area (Å²) < 4.78 is 5.13. The van der Waals surface area contributed by atoms with Gasteiger partial charge in [0.1, 0.15) is 5.75 Å². The average Bonchev–Trinajstić information content (AvgIpc) is 2.63. The molecule has 2 N–H and O–H groups in total. The Balaban J connectivity index is 1.55. The van der Waals surface area contributed by atoms with Gasteiger partial charge < -0.3 is 15.4 Å². The molecule has 3 rings (SSSR count). The molecule has 122 valence electrons. The first-order valence-corrected chi connectivity index (χ1v) is 7.78. The highest BCUT2D eigenvalue weighted by atomic mass is 16.5. The molecule has 0 aliphatic carbocycles. The van der Waals surface area contributed by atoms with Crippen molar-refractivity contribution in [2.45, 2.75) is 6.42 Å². The lowest BCUT2D eigenvalue weighted by Crippen LogP contribution is -2.30. The standard InChI is InChI=1S/C19H19N3O2/c1-24-16-9-7-14(8-10-16)11-13-21-19(23)22-17-6-2-4-15-5-3-12-20-18(15)17/h2-10,12H,11,13H2,1H3,(H2,21,22,23). The van der Waals surface area contributed by atoms with Crippen LogP contribution in [0.25, 0.3) is 10.9 Å². The van der Waals surface area contributed by atoms with E-state index in [4.69, 9.17) is 4.74 Å². The summed E-state index contributed by atoms with van der Waals surface area (Å²) in [5.74, 6) is 0.827. The number of rotatable bonds is 5. The number of para-hydroxylation sites is 1. The predicted molar refractivity (Wildman–Crippen MR) is 95.5 cm³/mol. The van der Waals surface area contributed by atoms with Crippen LogP contribution in [-0.4, -0.2) is 24.7 Å². The SMILES string of the molecule is COc1ccc(CCNC(=O)Nc2cccc3cccnc23)cc1. The van der Waals surface area contributed by atoms with E-state index in [1.807, 2.05) is 54.6 Å². The number of carbonyl (C=O) groups is 1. The highest BCUT2D eigenvalue weighted by Gasteiger charge is 2.06. The van der Waals surface area contributed by atoms with E-state index in [9.17, 15) is 4.79 Å². The van der Waals surface area contributed by atoms with Crippen LogP contribution in [0.4, 0.5) is 10.5 Å². The van der Waals surface area contributed by atoms with Gasteiger partial charge in [0.2, 0.25) is 0 Å². The fourth-order valence-electron chi connectivity index (χ4n) is 2.48. The van der Waals surface area contributed by atoms with Crippen molar-refractivity contribution in [3.8, 4) is 5.75 Å². The molecule has 0 saturated heterocycles. The summed E-state index contributed by atoms with van der Waals surface area (Å²) in [6.07, 6.45) is 2.47. The number of aromatic nitrogens is 1. The summed E-state index contributed by atoms with van der Waals surface area (Å²) in [6, 6.07) is 17.1. The Morgan fingerprint density at radius 1 is 1.08 bits per heavy atom. The Morgan fingerprint density at radius 3 is 2.67 bits per heavy atom. The maximum absolute atomic E-state index is 12.1. The van der Waals surface area contributed by atoms with Crippen molar-refractivity contribution in [2.75, 3.05) is 19.0 Å². The number of ether oxygens (including phenoxy) is 1. The van der Waals surface area contributed by atoms with Crippen molar-refractivity contribution in [3.05, 3.63) is 66.4 Å². The number of anilines is 1. The van der Waals surface area contributed by atoms with E-state index in [-0.39, 0.29) is 6.03 Å². The van der Waals surface area contributed by atoms with E-state index < -0.39 is 0 Å². The Bertz CT molecular complexity index is 826. The number of fused-ring (bicyclic) bond motifs is 1. The van der Waals surface area contributed by atoms with Crippen molar-refractivity contribution in [1.82, 2.24) is 10.3 Å². The van der Waals surface area contributed by atoms with E-state index in [0.717, 1.165) is 28.6 Å². The Kier molecular flexibility index (Phi) is 4.91. The number of nitrogens with one attached hydrogen (secondary N) is 2. The first kappa shape index (κ1) is 15.8. The van der Waals surface area contributed by atoms with E-state index >= 15 is 0 Å². The van der Waals surface area contributed by atoms with Gasteiger partial charge in [-0.15, -0.1) is 0 Å². The molecule has 0 unspecified atom stereocenters. The molecule has 0 aliphatic heterocycles. The number of pyridine rings is 1. The number of hydrogen-bond donors (Lipinski definition) is 2. The van der Waals surface area contributed by atoms with Crippen LogP contribution in [0.2, 0.25) is 0 Å². The summed E-state index contributed by atoms with van der Waals surface area (Å²) in [4.78, 5) is 16.4. The number of benzene rings is 2. The molecule has 0 aliphatic rings. The third-order valence-electron chi connectivity index (χ3n) is 3.74. The van der Waals surface area contributed by atoms with Crippen molar-refractivity contribution in [1.29, 1.82) is 0 Å². The highest BCUT2D eigenvalue weighted by Crippen LogP contribution is 2.20. The first-order valence-electron chi connectivity index (χ1n) is 7.78. The second kappa shape index (κ2) is 7.46. The van der Waals surface area contributed by atoms with Gasteiger partial charge in [-0.3, -0.25) is 4.98 Å². The lowest BCUT2D eigenvalue weighted by molar-refractivity contribution is 0.252. The maximum atomic E-state index is 12.1. The summed E-state index contributed by atoms with van der Waals surface area (Å²) in [7, 11) is 1.64. The third kappa shape index (κ3) is 3.81. The topological polar surface area (TPSA) is 63.2 Å². The minimum Gasteiger partial charge on any atom is -0.497 e. The number of methoxy groups -OCH3 is 1. The van der Waals surface area contributed by atoms with Gasteiger partial charge in [0.05, 0.1) is 18.3 Å². The Morgan fingerprint density at radius 2 is 1.88 bits per heavy atom. The molecule has 0 bridgehead atoms. The number of amides is 2. The molecular weight excluding hydrogens is 302 g/mol. The molecule has 0 saturated carbocycles. The average molecular weight is 321 g/mol. The molecule has 5 nitrogen and oxygen atoms in total. The van der Waals surface area contributed by atoms with Gasteiger partial charge in [-0.25, -0.2) is 4.79 Å². The van der Waals surface area contributed by atoms with Gasteiger partial charge in [-0.1, -0.05) is 30.3 Å². The minimum atomic E-state index is -0.235. The van der Waals surface area contributed by atoms with E-state index in [0.29, 0.717) is 12.2 Å². The first-order chi connectivity index (χ1) is 11.8. The molecule has 2 amide bonds. The minimum absolute atomic E-state index is 0.235. The summed E-state index contributed by atoms with van der Waals surface area (Å²) >= 11 is 0. The second-order valence-corrected chi connectivity index (χ2v) is 5.36. The summed E-state index contributed by atoms with van der Waals surface area (Å²) in [5.41, 5.74) is 2.63. The Labute approximate surface area is 140 Å². The second-order valence-electron chi connectivity index (χ2n) is 5.36. The van der Waals surface area contributed by atoms with E-state index in [1.54, 1.807) is 13.3 Å². The zero-order valence-electron chi connectivity index (χ0n) is 13.5. The largest absolute Gasteiger partial charge is 0.497 e. The number of urea groups is 1. The van der Waals surface area contributed by atoms with Crippen LogP contribution < -0.4 is 15.4 Å². The summed E-state index contributed by atoms with van der Waals surface area (Å²) in [6.45, 7) is 0.552. The molecule has 0 fully saturated rings. The van der Waals surface area contributed by atoms with E-state index in [1.165, 1.54) is 0 Å². The zero-order chi connectivity index (χ0) is 16.8. The summed E-state index contributed by atoms with van der Waals surface area (Å²) in [5, 5.41) is 6.71. The van der Waals surface area contributed by atoms with Crippen LogP contribution in [0.1, 0.15) is 5.56 Å². The molecule has 1 aromatic heterocycles. The van der Waals surface area contributed by atoms with Crippen LogP contribution in [0.3, 0.4) is 0 Å². The quantitative estimate of drug-likeness (QED) is 0.754. The monoisotopic (exact) mass is 321 g/mol. The smallest absolute Gasteiger partial charge is 0.319 e. The lowest BCUT2D eigenvalue weighted by Gasteiger charge is -2.09. The van der Waals surface area contributed by atoms with Crippen molar-refractivity contribution >= 4 is 22.6 Å². The van der Waals surface area contributed by atoms with Crippen LogP contribution in [0.15, 0.2) is 60.8 Å². The van der Waals surface area contributed by atoms with Crippen LogP contribution in [-0.2, 0) is 6.42 Å². The molecule has 24 heavy (non-hydrogen) atoms.